The second-order valence-corrected chi connectivity index (χ2v) is 10.1. The Balaban J connectivity index is 2.41. The highest BCUT2D eigenvalue weighted by Crippen LogP contribution is 2.45. The second-order valence-electron chi connectivity index (χ2n) is 7.42. The van der Waals surface area contributed by atoms with Gasteiger partial charge in [-0.05, 0) is 47.5 Å². The average molecular weight is 531 g/mol. The Morgan fingerprint density at radius 3 is 2.11 bits per heavy atom. The Morgan fingerprint density at radius 2 is 1.56 bits per heavy atom. The minimum atomic E-state index is -5.44. The van der Waals surface area contributed by atoms with E-state index in [-0.39, 0.29) is 22.1 Å². The number of benzene rings is 3. The average Bonchev–Trinajstić information content (AvgIpc) is 2.74. The molecule has 0 aromatic heterocycles. The van der Waals surface area contributed by atoms with Gasteiger partial charge in [0.05, 0.1) is 22.6 Å². The Labute approximate surface area is 201 Å². The minimum absolute atomic E-state index is 0.281. The number of nitrogen functional groups attached to an aromatic ring is 1. The van der Waals surface area contributed by atoms with Gasteiger partial charge in [-0.2, -0.15) is 0 Å². The van der Waals surface area contributed by atoms with E-state index in [4.69, 9.17) is 15.6 Å². The van der Waals surface area contributed by atoms with Crippen molar-refractivity contribution in [1.82, 2.24) is 0 Å². The third-order valence-corrected chi connectivity index (χ3v) is 7.08. The van der Waals surface area contributed by atoms with Crippen LogP contribution in [0.2, 0.25) is 0 Å². The number of nitrogens with two attached hydrogens (primary N) is 1. The van der Waals surface area contributed by atoms with E-state index in [0.717, 1.165) is 42.5 Å². The topological polar surface area (TPSA) is 255 Å². The van der Waals surface area contributed by atoms with E-state index in [0.29, 0.717) is 0 Å². The molecule has 0 fully saturated rings. The first-order chi connectivity index (χ1) is 16.6. The lowest BCUT2D eigenvalue weighted by atomic mass is 9.89. The number of rotatable bonds is 5. The van der Waals surface area contributed by atoms with Gasteiger partial charge in [0.2, 0.25) is 0 Å². The molecule has 0 spiro atoms. The number of carbonyl (C=O) groups is 2. The molecule has 2 aromatic carbocycles. The SMILES string of the molecule is N=c1ccc2c(-c3cc(C(=O)[O-])ccc3C(=O)O)c3ccc(N)c(S(=O)(=O)[O-])c3oc-2c1S(=O)(=O)[O-]. The molecule has 0 bridgehead atoms. The normalized spacial score (nSPS) is 12.2. The van der Waals surface area contributed by atoms with Crippen LogP contribution >= 0.6 is 0 Å². The molecule has 0 saturated heterocycles. The van der Waals surface area contributed by atoms with Crippen molar-refractivity contribution < 1.29 is 50.2 Å². The van der Waals surface area contributed by atoms with Crippen LogP contribution in [-0.2, 0) is 20.2 Å². The first-order valence-corrected chi connectivity index (χ1v) is 12.3. The van der Waals surface area contributed by atoms with Gasteiger partial charge in [-0.25, -0.2) is 21.6 Å². The van der Waals surface area contributed by atoms with Crippen LogP contribution in [0.25, 0.3) is 33.4 Å². The summed E-state index contributed by atoms with van der Waals surface area (Å²) in [5, 5.41) is 28.0. The van der Waals surface area contributed by atoms with Gasteiger partial charge in [0.15, 0.2) is 11.3 Å². The molecular formula is C21H11N2O11S2-3. The smallest absolute Gasteiger partial charge is 0.336 e. The molecule has 1 aliphatic heterocycles. The largest absolute Gasteiger partial charge is 0.744 e. The van der Waals surface area contributed by atoms with Gasteiger partial charge in [0.25, 0.3) is 0 Å². The lowest BCUT2D eigenvalue weighted by Gasteiger charge is -2.22. The number of nitrogens with one attached hydrogen (secondary N) is 1. The molecule has 4 N–H and O–H groups in total. The Bertz CT molecular complexity index is 1870. The summed E-state index contributed by atoms with van der Waals surface area (Å²) in [6.45, 7) is 0. The van der Waals surface area contributed by atoms with Crippen LogP contribution in [0.15, 0.2) is 56.7 Å². The maximum Gasteiger partial charge on any atom is 0.336 e. The molecule has 0 radical (unpaired) electrons. The lowest BCUT2D eigenvalue weighted by Crippen LogP contribution is -2.22. The predicted molar refractivity (Wildman–Crippen MR) is 116 cm³/mol. The minimum Gasteiger partial charge on any atom is -0.744 e. The molecule has 2 aliphatic rings. The van der Waals surface area contributed by atoms with E-state index in [1.54, 1.807) is 0 Å². The standard InChI is InChI=1S/C21H14N2O11S2/c22-13-5-3-10-15(12-7-8(20(24)25)1-2-9(12)21(26)27)11-4-6-14(23)19(36(31,32)33)17(11)34-16(10)18(13)35(28,29)30/h1-7,22H,23H2,(H,24,25)(H,26,27)(H,28,29,30)(H,31,32,33)/p-3. The fraction of sp³-hybridized carbons (Fsp3) is 0. The summed E-state index contributed by atoms with van der Waals surface area (Å²) in [5.41, 5.74) is 2.22. The Morgan fingerprint density at radius 1 is 0.917 bits per heavy atom. The van der Waals surface area contributed by atoms with Crippen LogP contribution in [0.5, 0.6) is 0 Å². The van der Waals surface area contributed by atoms with Crippen molar-refractivity contribution in [3.05, 3.63) is 58.9 Å². The number of carboxylic acid groups (broad SMARTS) is 2. The molecule has 186 valence electrons. The number of anilines is 1. The third-order valence-electron chi connectivity index (χ3n) is 5.25. The summed E-state index contributed by atoms with van der Waals surface area (Å²) in [7, 11) is -10.8. The predicted octanol–water partition coefficient (Wildman–Crippen LogP) is 0.136. The fourth-order valence-corrected chi connectivity index (χ4v) is 5.30. The van der Waals surface area contributed by atoms with E-state index in [1.807, 2.05) is 0 Å². The van der Waals surface area contributed by atoms with Crippen molar-refractivity contribution in [3.63, 3.8) is 0 Å². The highest BCUT2D eigenvalue weighted by Gasteiger charge is 2.28. The van der Waals surface area contributed by atoms with Crippen molar-refractivity contribution in [2.45, 2.75) is 9.79 Å². The molecule has 0 amide bonds. The van der Waals surface area contributed by atoms with E-state index in [2.05, 4.69) is 0 Å². The second kappa shape index (κ2) is 8.13. The lowest BCUT2D eigenvalue weighted by molar-refractivity contribution is -0.255. The molecule has 1 heterocycles. The number of hydrogen-bond acceptors (Lipinski definition) is 12. The van der Waals surface area contributed by atoms with E-state index < -0.39 is 75.5 Å². The number of carbonyl (C=O) groups excluding carboxylic acids is 1. The van der Waals surface area contributed by atoms with Gasteiger partial charge >= 0.3 is 5.97 Å². The van der Waals surface area contributed by atoms with Crippen LogP contribution in [-0.4, -0.2) is 43.0 Å². The molecule has 13 nitrogen and oxygen atoms in total. The van der Waals surface area contributed by atoms with Crippen molar-refractivity contribution in [2.75, 3.05) is 5.73 Å². The highest BCUT2D eigenvalue weighted by atomic mass is 32.2. The highest BCUT2D eigenvalue weighted by molar-refractivity contribution is 7.86. The van der Waals surface area contributed by atoms with Crippen LogP contribution in [0.1, 0.15) is 20.7 Å². The summed E-state index contributed by atoms with van der Waals surface area (Å²) in [6, 6.07) is 6.82. The number of carboxylic acids is 2. The molecule has 0 saturated carbocycles. The molecule has 4 rings (SSSR count). The Kier molecular flexibility index (Phi) is 5.60. The fourth-order valence-electron chi connectivity index (χ4n) is 3.84. The van der Waals surface area contributed by atoms with Gasteiger partial charge in [0.1, 0.15) is 30.0 Å². The molecule has 2 aromatic rings. The molecular weight excluding hydrogens is 520 g/mol. The number of fused-ring (bicyclic) bond motifs is 2. The Hall–Kier alpha value is -4.31. The quantitative estimate of drug-likeness (QED) is 0.176. The maximum absolute atomic E-state index is 12.0. The van der Waals surface area contributed by atoms with E-state index in [1.165, 1.54) is 0 Å². The summed E-state index contributed by atoms with van der Waals surface area (Å²) in [5.74, 6) is -4.13. The van der Waals surface area contributed by atoms with Gasteiger partial charge in [-0.1, -0.05) is 6.07 Å². The van der Waals surface area contributed by atoms with Crippen LogP contribution in [0, 0.1) is 5.41 Å². The third kappa shape index (κ3) is 3.95. The number of hydrogen-bond donors (Lipinski definition) is 3. The zero-order chi connectivity index (χ0) is 26.7. The monoisotopic (exact) mass is 531 g/mol. The van der Waals surface area contributed by atoms with Crippen LogP contribution in [0.4, 0.5) is 5.69 Å². The van der Waals surface area contributed by atoms with Gasteiger partial charge in [-0.15, -0.1) is 0 Å². The molecule has 0 unspecified atom stereocenters. The van der Waals surface area contributed by atoms with Crippen molar-refractivity contribution in [3.8, 4) is 22.5 Å². The number of aromatic carboxylic acids is 2. The summed E-state index contributed by atoms with van der Waals surface area (Å²) in [6.07, 6.45) is 0. The molecule has 1 aliphatic carbocycles. The van der Waals surface area contributed by atoms with Crippen molar-refractivity contribution in [2.24, 2.45) is 0 Å². The summed E-state index contributed by atoms with van der Waals surface area (Å²) >= 11 is 0. The summed E-state index contributed by atoms with van der Waals surface area (Å²) in [4.78, 5) is 21.1. The molecule has 0 atom stereocenters. The van der Waals surface area contributed by atoms with Crippen LogP contribution < -0.4 is 16.2 Å². The van der Waals surface area contributed by atoms with Gasteiger partial charge < -0.3 is 34.3 Å². The van der Waals surface area contributed by atoms with Gasteiger partial charge in [-0.3, -0.25) is 5.41 Å². The molecule has 15 heteroatoms. The zero-order valence-electron chi connectivity index (χ0n) is 17.5. The van der Waals surface area contributed by atoms with Crippen molar-refractivity contribution in [1.29, 1.82) is 5.41 Å². The maximum atomic E-state index is 12.0. The molecule has 36 heavy (non-hydrogen) atoms. The van der Waals surface area contributed by atoms with E-state index in [9.17, 15) is 45.7 Å². The van der Waals surface area contributed by atoms with Crippen LogP contribution in [0.3, 0.4) is 0 Å². The van der Waals surface area contributed by atoms with E-state index >= 15 is 0 Å². The first-order valence-electron chi connectivity index (χ1n) is 9.50. The zero-order valence-corrected chi connectivity index (χ0v) is 19.1. The van der Waals surface area contributed by atoms with Gasteiger partial charge in [0, 0.05) is 16.5 Å². The first kappa shape index (κ1) is 24.8. The van der Waals surface area contributed by atoms with Crippen molar-refractivity contribution >= 4 is 48.8 Å². The summed E-state index contributed by atoms with van der Waals surface area (Å²) < 4.78 is 77.5.